The van der Waals surface area contributed by atoms with Gasteiger partial charge in [-0.3, -0.25) is 9.59 Å². The van der Waals surface area contributed by atoms with Crippen LogP contribution in [0.2, 0.25) is 0 Å². The number of nitrogens with one attached hydrogen (secondary N) is 3. The second kappa shape index (κ2) is 5.25. The summed E-state index contributed by atoms with van der Waals surface area (Å²) in [5, 5.41) is 8.28. The van der Waals surface area contributed by atoms with Gasteiger partial charge in [0.25, 0.3) is 5.91 Å². The summed E-state index contributed by atoms with van der Waals surface area (Å²) >= 11 is 2.31. The number of hydrogen-bond acceptors (Lipinski definition) is 7. The van der Waals surface area contributed by atoms with Crippen LogP contribution in [-0.4, -0.2) is 21.9 Å². The van der Waals surface area contributed by atoms with Gasteiger partial charge in [-0.05, 0) is 12.8 Å². The van der Waals surface area contributed by atoms with Crippen LogP contribution in [-0.2, 0) is 6.54 Å². The molecule has 2 heterocycles. The van der Waals surface area contributed by atoms with Crippen LogP contribution in [0, 0.1) is 0 Å². The highest BCUT2D eigenvalue weighted by atomic mass is 32.1. The van der Waals surface area contributed by atoms with Crippen LogP contribution in [0.25, 0.3) is 0 Å². The van der Waals surface area contributed by atoms with Crippen LogP contribution in [0.3, 0.4) is 0 Å². The van der Waals surface area contributed by atoms with Gasteiger partial charge in [-0.2, -0.15) is 0 Å². The average Bonchev–Trinajstić information content (AvgIpc) is 3.00. The fraction of sp³-hybridized carbons (Fsp3) is 0.364. The largest absolute Gasteiger partial charge is 0.382 e. The molecule has 1 fully saturated rings. The number of aromatic nitrogens is 2. The van der Waals surface area contributed by atoms with E-state index in [0.29, 0.717) is 21.7 Å². The van der Waals surface area contributed by atoms with Crippen molar-refractivity contribution in [1.29, 1.82) is 0 Å². The van der Waals surface area contributed by atoms with Crippen molar-refractivity contribution in [1.82, 2.24) is 15.3 Å². The molecule has 1 amide bonds. The minimum atomic E-state index is -0.282. The van der Waals surface area contributed by atoms with Gasteiger partial charge in [-0.25, -0.2) is 4.98 Å². The first kappa shape index (κ1) is 13.1. The van der Waals surface area contributed by atoms with Crippen molar-refractivity contribution in [2.45, 2.75) is 25.4 Å². The minimum absolute atomic E-state index is 0.137. The van der Waals surface area contributed by atoms with Gasteiger partial charge in [0.05, 0.1) is 6.54 Å². The van der Waals surface area contributed by atoms with Crippen molar-refractivity contribution in [2.75, 3.05) is 11.1 Å². The summed E-state index contributed by atoms with van der Waals surface area (Å²) in [6.45, 7) is 0.264. The summed E-state index contributed by atoms with van der Waals surface area (Å²) in [7, 11) is 0. The smallest absolute Gasteiger partial charge is 0.304 e. The monoisotopic (exact) mass is 311 g/mol. The zero-order chi connectivity index (χ0) is 14.1. The Bertz CT molecular complexity index is 685. The molecule has 0 saturated heterocycles. The number of nitrogen functional groups attached to an aromatic ring is 1. The van der Waals surface area contributed by atoms with Crippen molar-refractivity contribution in [3.63, 3.8) is 0 Å². The standard InChI is InChI=1S/C11H13N5O2S2/c12-8-7(20-10(16-8)14-5-1-2-5)9(17)13-3-6-4-19-11(18)15-6/h4-5H,1-3,12H2,(H,13,17)(H,14,16)(H,15,18). The highest BCUT2D eigenvalue weighted by Crippen LogP contribution is 2.30. The van der Waals surface area contributed by atoms with E-state index in [1.165, 1.54) is 11.3 Å². The zero-order valence-electron chi connectivity index (χ0n) is 10.4. The quantitative estimate of drug-likeness (QED) is 0.657. The molecule has 2 aromatic rings. The first-order valence-electron chi connectivity index (χ1n) is 6.09. The lowest BCUT2D eigenvalue weighted by molar-refractivity contribution is 0.0955. The Morgan fingerprint density at radius 3 is 3.00 bits per heavy atom. The number of aromatic amines is 1. The molecule has 20 heavy (non-hydrogen) atoms. The number of thiazole rings is 2. The lowest BCUT2D eigenvalue weighted by Gasteiger charge is -2.01. The van der Waals surface area contributed by atoms with Gasteiger partial charge < -0.3 is 21.4 Å². The number of anilines is 2. The SMILES string of the molecule is Nc1nc(NC2CC2)sc1C(=O)NCc1csc(=O)[nH]1. The van der Waals surface area contributed by atoms with Crippen molar-refractivity contribution < 1.29 is 4.79 Å². The highest BCUT2D eigenvalue weighted by molar-refractivity contribution is 7.18. The van der Waals surface area contributed by atoms with E-state index in [9.17, 15) is 9.59 Å². The molecule has 106 valence electrons. The Morgan fingerprint density at radius 1 is 1.55 bits per heavy atom. The summed E-state index contributed by atoms with van der Waals surface area (Å²) < 4.78 is 0. The Balaban J connectivity index is 1.63. The molecule has 0 aromatic carbocycles. The molecule has 5 N–H and O–H groups in total. The highest BCUT2D eigenvalue weighted by Gasteiger charge is 2.24. The average molecular weight is 311 g/mol. The van der Waals surface area contributed by atoms with E-state index in [-0.39, 0.29) is 23.1 Å². The van der Waals surface area contributed by atoms with Crippen molar-refractivity contribution >= 4 is 39.5 Å². The van der Waals surface area contributed by atoms with E-state index in [4.69, 9.17) is 5.73 Å². The molecule has 0 spiro atoms. The normalized spacial score (nSPS) is 14.2. The van der Waals surface area contributed by atoms with Crippen molar-refractivity contribution in [3.05, 3.63) is 25.6 Å². The van der Waals surface area contributed by atoms with Crippen molar-refractivity contribution in [3.8, 4) is 0 Å². The van der Waals surface area contributed by atoms with Gasteiger partial charge in [0, 0.05) is 17.1 Å². The van der Waals surface area contributed by atoms with E-state index >= 15 is 0 Å². The first-order chi connectivity index (χ1) is 9.61. The second-order valence-corrected chi connectivity index (χ2v) is 6.35. The van der Waals surface area contributed by atoms with Crippen LogP contribution in [0.4, 0.5) is 10.9 Å². The summed E-state index contributed by atoms with van der Waals surface area (Å²) in [4.78, 5) is 30.0. The number of carbonyl (C=O) groups is 1. The molecule has 0 aliphatic heterocycles. The Hall–Kier alpha value is -1.87. The second-order valence-electron chi connectivity index (χ2n) is 4.51. The maximum Gasteiger partial charge on any atom is 0.304 e. The summed E-state index contributed by atoms with van der Waals surface area (Å²) in [6, 6.07) is 0.465. The first-order valence-corrected chi connectivity index (χ1v) is 7.79. The number of nitrogens with zero attached hydrogens (tertiary/aromatic N) is 1. The van der Waals surface area contributed by atoms with E-state index in [1.54, 1.807) is 5.38 Å². The third kappa shape index (κ3) is 2.99. The Kier molecular flexibility index (Phi) is 3.45. The Morgan fingerprint density at radius 2 is 2.35 bits per heavy atom. The maximum atomic E-state index is 12.0. The predicted octanol–water partition coefficient (Wildman–Crippen LogP) is 0.979. The summed E-state index contributed by atoms with van der Waals surface area (Å²) in [5.41, 5.74) is 6.43. The Labute approximate surface area is 122 Å². The van der Waals surface area contributed by atoms with Crippen LogP contribution in [0.1, 0.15) is 28.2 Å². The number of amides is 1. The molecule has 0 unspecified atom stereocenters. The predicted molar refractivity (Wildman–Crippen MR) is 79.3 cm³/mol. The summed E-state index contributed by atoms with van der Waals surface area (Å²) in [5.74, 6) is -0.0506. The molecule has 1 saturated carbocycles. The number of nitrogens with two attached hydrogens (primary N) is 1. The molecule has 2 aromatic heterocycles. The molecular formula is C11H13N5O2S2. The number of H-pyrrole nitrogens is 1. The summed E-state index contributed by atoms with van der Waals surface area (Å²) in [6.07, 6.45) is 2.26. The zero-order valence-corrected chi connectivity index (χ0v) is 12.1. The lowest BCUT2D eigenvalue weighted by Crippen LogP contribution is -2.23. The van der Waals surface area contributed by atoms with E-state index in [0.717, 1.165) is 24.2 Å². The lowest BCUT2D eigenvalue weighted by atomic mass is 10.4. The molecule has 0 atom stereocenters. The van der Waals surface area contributed by atoms with E-state index in [1.807, 2.05) is 0 Å². The van der Waals surface area contributed by atoms with Crippen molar-refractivity contribution in [2.24, 2.45) is 0 Å². The molecule has 9 heteroatoms. The van der Waals surface area contributed by atoms with Crippen LogP contribution in [0.5, 0.6) is 0 Å². The van der Waals surface area contributed by atoms with Gasteiger partial charge in [-0.15, -0.1) is 0 Å². The van der Waals surface area contributed by atoms with Gasteiger partial charge in [0.1, 0.15) is 10.7 Å². The number of rotatable bonds is 5. The fourth-order valence-electron chi connectivity index (χ4n) is 1.61. The van der Waals surface area contributed by atoms with Crippen LogP contribution in [0.15, 0.2) is 10.2 Å². The van der Waals surface area contributed by atoms with Gasteiger partial charge >= 0.3 is 4.87 Å². The number of carbonyl (C=O) groups excluding carboxylic acids is 1. The van der Waals surface area contributed by atoms with E-state index in [2.05, 4.69) is 20.6 Å². The third-order valence-corrected chi connectivity index (χ3v) is 4.49. The van der Waals surface area contributed by atoms with Crippen LogP contribution >= 0.6 is 22.7 Å². The molecule has 0 bridgehead atoms. The topological polar surface area (TPSA) is 113 Å². The maximum absolute atomic E-state index is 12.0. The molecule has 7 nitrogen and oxygen atoms in total. The minimum Gasteiger partial charge on any atom is -0.382 e. The molecule has 1 aliphatic rings. The molecule has 1 aliphatic carbocycles. The molecular weight excluding hydrogens is 298 g/mol. The molecule has 3 rings (SSSR count). The van der Waals surface area contributed by atoms with Gasteiger partial charge in [0.15, 0.2) is 5.13 Å². The number of hydrogen-bond donors (Lipinski definition) is 4. The van der Waals surface area contributed by atoms with Gasteiger partial charge in [0.2, 0.25) is 0 Å². The fourth-order valence-corrected chi connectivity index (χ4v) is 3.07. The molecule has 0 radical (unpaired) electrons. The van der Waals surface area contributed by atoms with Crippen LogP contribution < -0.4 is 21.2 Å². The third-order valence-electron chi connectivity index (χ3n) is 2.77. The van der Waals surface area contributed by atoms with E-state index < -0.39 is 0 Å². The van der Waals surface area contributed by atoms with Gasteiger partial charge in [-0.1, -0.05) is 22.7 Å².